The Labute approximate surface area is 127 Å². The van der Waals surface area contributed by atoms with Crippen LogP contribution in [0.15, 0.2) is 35.2 Å². The highest BCUT2D eigenvalue weighted by Gasteiger charge is 2.39. The second-order valence-electron chi connectivity index (χ2n) is 5.11. The molecule has 2 aromatic rings. The molecule has 3 rings (SSSR count). The fourth-order valence-corrected chi connectivity index (χ4v) is 3.21. The van der Waals surface area contributed by atoms with Crippen LogP contribution in [0.3, 0.4) is 0 Å². The third-order valence-electron chi connectivity index (χ3n) is 3.59. The Balaban J connectivity index is 1.70. The van der Waals surface area contributed by atoms with Gasteiger partial charge in [0.25, 0.3) is 0 Å². The summed E-state index contributed by atoms with van der Waals surface area (Å²) in [5.41, 5.74) is 2.00. The molecule has 1 saturated carbocycles. The summed E-state index contributed by atoms with van der Waals surface area (Å²) in [6.07, 6.45) is 3.07. The van der Waals surface area contributed by atoms with Gasteiger partial charge in [0, 0.05) is 22.4 Å². The molecule has 0 radical (unpaired) electrons. The highest BCUT2D eigenvalue weighted by atomic mass is 32.2. The Morgan fingerprint density at radius 3 is 2.70 bits per heavy atom. The molecule has 1 N–H and O–H groups in total. The number of amides is 1. The van der Waals surface area contributed by atoms with Crippen molar-refractivity contribution >= 4 is 34.2 Å². The standard InChI is InChI=1S/C15H16N2OS2/c1-9-7-12(9)15(18)16-14-8-13(17-20-14)10-3-5-11(19-2)6-4-10/h3-6,8-9,12H,7H2,1-2H3,(H,16,18)/t9-,12-/m1/s1. The lowest BCUT2D eigenvalue weighted by atomic mass is 10.1. The summed E-state index contributed by atoms with van der Waals surface area (Å²) < 4.78 is 4.41. The van der Waals surface area contributed by atoms with Gasteiger partial charge in [0.05, 0.1) is 5.69 Å². The first kappa shape index (κ1) is 13.6. The van der Waals surface area contributed by atoms with E-state index in [0.717, 1.165) is 22.7 Å². The van der Waals surface area contributed by atoms with E-state index in [-0.39, 0.29) is 11.8 Å². The third kappa shape index (κ3) is 2.88. The lowest BCUT2D eigenvalue weighted by molar-refractivity contribution is -0.117. The summed E-state index contributed by atoms with van der Waals surface area (Å²) in [7, 11) is 0. The van der Waals surface area contributed by atoms with E-state index in [1.165, 1.54) is 16.4 Å². The van der Waals surface area contributed by atoms with Crippen molar-refractivity contribution in [3.63, 3.8) is 0 Å². The number of anilines is 1. The molecule has 0 bridgehead atoms. The van der Waals surface area contributed by atoms with Gasteiger partial charge in [0.15, 0.2) is 0 Å². The molecule has 0 saturated heterocycles. The zero-order valence-corrected chi connectivity index (χ0v) is 13.1. The van der Waals surface area contributed by atoms with E-state index in [0.29, 0.717) is 5.92 Å². The van der Waals surface area contributed by atoms with Gasteiger partial charge < -0.3 is 5.32 Å². The number of carbonyl (C=O) groups excluding carboxylic acids is 1. The molecule has 1 fully saturated rings. The van der Waals surface area contributed by atoms with E-state index in [2.05, 4.69) is 47.1 Å². The van der Waals surface area contributed by atoms with Gasteiger partial charge >= 0.3 is 0 Å². The lowest BCUT2D eigenvalue weighted by Crippen LogP contribution is -2.13. The fourth-order valence-electron chi connectivity index (χ4n) is 2.13. The largest absolute Gasteiger partial charge is 0.316 e. The first-order valence-corrected chi connectivity index (χ1v) is 8.59. The SMILES string of the molecule is CSc1ccc(-c2cc(NC(=O)[C@@H]3C[C@H]3C)sn2)cc1. The molecule has 1 aromatic carbocycles. The smallest absolute Gasteiger partial charge is 0.228 e. The van der Waals surface area contributed by atoms with Crippen molar-refractivity contribution < 1.29 is 4.79 Å². The molecule has 1 amide bonds. The number of hydrogen-bond donors (Lipinski definition) is 1. The average Bonchev–Trinajstić information content (AvgIpc) is 3.02. The van der Waals surface area contributed by atoms with Crippen molar-refractivity contribution in [2.75, 3.05) is 11.6 Å². The van der Waals surface area contributed by atoms with E-state index < -0.39 is 0 Å². The number of nitrogens with one attached hydrogen (secondary N) is 1. The minimum absolute atomic E-state index is 0.130. The lowest BCUT2D eigenvalue weighted by Gasteiger charge is -1.99. The number of aromatic nitrogens is 1. The molecule has 0 unspecified atom stereocenters. The molecule has 3 nitrogen and oxygen atoms in total. The molecule has 2 atom stereocenters. The van der Waals surface area contributed by atoms with Crippen LogP contribution >= 0.6 is 23.3 Å². The van der Waals surface area contributed by atoms with Crippen molar-refractivity contribution in [2.24, 2.45) is 11.8 Å². The molecule has 1 aliphatic carbocycles. The molecule has 20 heavy (non-hydrogen) atoms. The van der Waals surface area contributed by atoms with Gasteiger partial charge in [-0.3, -0.25) is 4.79 Å². The average molecular weight is 304 g/mol. The molecule has 1 aromatic heterocycles. The first-order chi connectivity index (χ1) is 9.67. The van der Waals surface area contributed by atoms with Crippen molar-refractivity contribution in [2.45, 2.75) is 18.2 Å². The molecule has 1 heterocycles. The van der Waals surface area contributed by atoms with Crippen molar-refractivity contribution in [1.29, 1.82) is 0 Å². The normalized spacial score (nSPS) is 20.7. The Morgan fingerprint density at radius 2 is 2.10 bits per heavy atom. The number of carbonyl (C=O) groups is 1. The third-order valence-corrected chi connectivity index (χ3v) is 5.04. The maximum absolute atomic E-state index is 11.9. The Morgan fingerprint density at radius 1 is 1.40 bits per heavy atom. The van der Waals surface area contributed by atoms with Crippen molar-refractivity contribution in [1.82, 2.24) is 4.37 Å². The zero-order valence-electron chi connectivity index (χ0n) is 11.4. The minimum Gasteiger partial charge on any atom is -0.316 e. The van der Waals surface area contributed by atoms with Crippen LogP contribution in [-0.2, 0) is 4.79 Å². The van der Waals surface area contributed by atoms with E-state index >= 15 is 0 Å². The van der Waals surface area contributed by atoms with Gasteiger partial charge in [-0.05, 0) is 42.3 Å². The number of hydrogen-bond acceptors (Lipinski definition) is 4. The number of rotatable bonds is 4. The van der Waals surface area contributed by atoms with Crippen LogP contribution in [0.2, 0.25) is 0 Å². The van der Waals surface area contributed by atoms with Gasteiger partial charge in [-0.1, -0.05) is 19.1 Å². The van der Waals surface area contributed by atoms with Gasteiger partial charge in [0.2, 0.25) is 5.91 Å². The second-order valence-corrected chi connectivity index (χ2v) is 6.80. The van der Waals surface area contributed by atoms with Crippen molar-refractivity contribution in [3.05, 3.63) is 30.3 Å². The summed E-state index contributed by atoms with van der Waals surface area (Å²) in [6, 6.07) is 10.3. The highest BCUT2D eigenvalue weighted by Crippen LogP contribution is 2.39. The predicted octanol–water partition coefficient (Wildman–Crippen LogP) is 4.13. The summed E-state index contributed by atoms with van der Waals surface area (Å²) in [4.78, 5) is 13.1. The summed E-state index contributed by atoms with van der Waals surface area (Å²) in [5, 5.41) is 3.79. The topological polar surface area (TPSA) is 42.0 Å². The van der Waals surface area contributed by atoms with Gasteiger partial charge in [-0.15, -0.1) is 11.8 Å². The first-order valence-electron chi connectivity index (χ1n) is 6.59. The number of thioether (sulfide) groups is 1. The van der Waals surface area contributed by atoms with E-state index in [4.69, 9.17) is 0 Å². The Hall–Kier alpha value is -1.33. The summed E-state index contributed by atoms with van der Waals surface area (Å²) in [5.74, 6) is 0.855. The van der Waals surface area contributed by atoms with E-state index in [9.17, 15) is 4.79 Å². The van der Waals surface area contributed by atoms with Gasteiger partial charge in [-0.2, -0.15) is 4.37 Å². The fraction of sp³-hybridized carbons (Fsp3) is 0.333. The van der Waals surface area contributed by atoms with E-state index in [1.807, 2.05) is 6.07 Å². The molecule has 104 valence electrons. The predicted molar refractivity (Wildman–Crippen MR) is 85.2 cm³/mol. The quantitative estimate of drug-likeness (QED) is 0.864. The molecule has 0 aliphatic heterocycles. The molecular formula is C15H16N2OS2. The van der Waals surface area contributed by atoms with Crippen LogP contribution < -0.4 is 5.32 Å². The highest BCUT2D eigenvalue weighted by molar-refractivity contribution is 7.98. The maximum Gasteiger partial charge on any atom is 0.228 e. The maximum atomic E-state index is 11.9. The van der Waals surface area contributed by atoms with Gasteiger partial charge in [-0.25, -0.2) is 0 Å². The zero-order chi connectivity index (χ0) is 14.1. The van der Waals surface area contributed by atoms with E-state index in [1.54, 1.807) is 11.8 Å². The van der Waals surface area contributed by atoms with Crippen LogP contribution in [0.25, 0.3) is 11.3 Å². The van der Waals surface area contributed by atoms with Crippen LogP contribution in [-0.4, -0.2) is 16.5 Å². The molecule has 0 spiro atoms. The van der Waals surface area contributed by atoms with Crippen molar-refractivity contribution in [3.8, 4) is 11.3 Å². The van der Waals surface area contributed by atoms with Crippen LogP contribution in [0.1, 0.15) is 13.3 Å². The molecule has 5 heteroatoms. The molecular weight excluding hydrogens is 288 g/mol. The minimum atomic E-state index is 0.130. The Bertz CT molecular complexity index is 621. The molecule has 1 aliphatic rings. The number of benzene rings is 1. The summed E-state index contributed by atoms with van der Waals surface area (Å²) in [6.45, 7) is 2.11. The monoisotopic (exact) mass is 304 g/mol. The van der Waals surface area contributed by atoms with Crippen LogP contribution in [0.5, 0.6) is 0 Å². The van der Waals surface area contributed by atoms with Crippen LogP contribution in [0, 0.1) is 11.8 Å². The van der Waals surface area contributed by atoms with Crippen LogP contribution in [0.4, 0.5) is 5.00 Å². The van der Waals surface area contributed by atoms with Gasteiger partial charge in [0.1, 0.15) is 5.00 Å². The second kappa shape index (κ2) is 5.58. The Kier molecular flexibility index (Phi) is 3.81. The number of nitrogens with zero attached hydrogens (tertiary/aromatic N) is 1. The summed E-state index contributed by atoms with van der Waals surface area (Å²) >= 11 is 3.06.